The lowest BCUT2D eigenvalue weighted by Gasteiger charge is -2.18. The van der Waals surface area contributed by atoms with Gasteiger partial charge in [-0.2, -0.15) is 0 Å². The van der Waals surface area contributed by atoms with E-state index in [0.717, 1.165) is 22.7 Å². The van der Waals surface area contributed by atoms with Crippen molar-refractivity contribution in [3.63, 3.8) is 0 Å². The minimum atomic E-state index is 0.234. The van der Waals surface area contributed by atoms with E-state index in [9.17, 15) is 0 Å². The first-order chi connectivity index (χ1) is 8.24. The molecule has 3 N–H and O–H groups in total. The molecule has 0 spiro atoms. The van der Waals surface area contributed by atoms with E-state index in [2.05, 4.69) is 33.4 Å². The maximum atomic E-state index is 5.82. The van der Waals surface area contributed by atoms with Crippen molar-refractivity contribution >= 4 is 15.9 Å². The average Bonchev–Trinajstić information content (AvgIpc) is 3.14. The minimum absolute atomic E-state index is 0.234. The van der Waals surface area contributed by atoms with E-state index in [4.69, 9.17) is 10.5 Å². The number of methoxy groups -OCH3 is 1. The van der Waals surface area contributed by atoms with Crippen LogP contribution in [0.15, 0.2) is 22.7 Å². The Morgan fingerprint density at radius 3 is 2.82 bits per heavy atom. The zero-order valence-corrected chi connectivity index (χ0v) is 11.7. The molecule has 1 aliphatic rings. The second-order valence-corrected chi connectivity index (χ2v) is 5.39. The highest BCUT2D eigenvalue weighted by Crippen LogP contribution is 2.30. The normalized spacial score (nSPS) is 16.9. The minimum Gasteiger partial charge on any atom is -0.496 e. The Morgan fingerprint density at radius 1 is 1.53 bits per heavy atom. The Hall–Kier alpha value is -0.580. The summed E-state index contributed by atoms with van der Waals surface area (Å²) in [6.07, 6.45) is 2.72. The average molecular weight is 299 g/mol. The van der Waals surface area contributed by atoms with Gasteiger partial charge in [0.15, 0.2) is 0 Å². The molecule has 0 amide bonds. The number of hydrogen-bond acceptors (Lipinski definition) is 3. The largest absolute Gasteiger partial charge is 0.496 e. The van der Waals surface area contributed by atoms with Crippen LogP contribution in [0.3, 0.4) is 0 Å². The van der Waals surface area contributed by atoms with Gasteiger partial charge in [-0.25, -0.2) is 0 Å². The van der Waals surface area contributed by atoms with Gasteiger partial charge in [0.25, 0.3) is 0 Å². The summed E-state index contributed by atoms with van der Waals surface area (Å²) < 4.78 is 6.20. The predicted molar refractivity (Wildman–Crippen MR) is 73.2 cm³/mol. The predicted octanol–water partition coefficient (Wildman–Crippen LogP) is 2.46. The summed E-state index contributed by atoms with van der Waals surface area (Å²) >= 11 is 3.50. The number of hydrogen-bond donors (Lipinski definition) is 2. The van der Waals surface area contributed by atoms with Crippen LogP contribution < -0.4 is 15.8 Å². The topological polar surface area (TPSA) is 47.3 Å². The molecule has 2 rings (SSSR count). The van der Waals surface area contributed by atoms with Crippen LogP contribution >= 0.6 is 15.9 Å². The fourth-order valence-corrected chi connectivity index (χ4v) is 2.43. The van der Waals surface area contributed by atoms with Gasteiger partial charge >= 0.3 is 0 Å². The van der Waals surface area contributed by atoms with E-state index in [0.29, 0.717) is 6.54 Å². The Labute approximate surface area is 111 Å². The number of nitrogens with two attached hydrogens (primary N) is 1. The van der Waals surface area contributed by atoms with Crippen molar-refractivity contribution in [2.24, 2.45) is 11.7 Å². The van der Waals surface area contributed by atoms with E-state index in [-0.39, 0.29) is 6.04 Å². The molecule has 1 aromatic rings. The fraction of sp³-hybridized carbons (Fsp3) is 0.538. The van der Waals surface area contributed by atoms with Crippen molar-refractivity contribution in [2.45, 2.75) is 18.9 Å². The molecule has 1 saturated carbocycles. The summed E-state index contributed by atoms with van der Waals surface area (Å²) in [4.78, 5) is 0. The van der Waals surface area contributed by atoms with Crippen LogP contribution in [-0.2, 0) is 0 Å². The van der Waals surface area contributed by atoms with E-state index in [1.54, 1.807) is 7.11 Å². The quantitative estimate of drug-likeness (QED) is 0.848. The molecule has 1 fully saturated rings. The molecule has 0 aliphatic heterocycles. The maximum Gasteiger partial charge on any atom is 0.133 e. The summed E-state index contributed by atoms with van der Waals surface area (Å²) in [6, 6.07) is 6.36. The molecule has 3 nitrogen and oxygen atoms in total. The third kappa shape index (κ3) is 3.44. The lowest BCUT2D eigenvalue weighted by Crippen LogP contribution is -2.29. The van der Waals surface area contributed by atoms with Gasteiger partial charge in [-0.1, -0.05) is 6.07 Å². The highest BCUT2D eigenvalue weighted by atomic mass is 79.9. The Bertz CT molecular complexity index is 380. The van der Waals surface area contributed by atoms with Gasteiger partial charge in [0.2, 0.25) is 0 Å². The van der Waals surface area contributed by atoms with Crippen LogP contribution in [0.5, 0.6) is 5.75 Å². The lowest BCUT2D eigenvalue weighted by molar-refractivity contribution is 0.411. The molecule has 0 radical (unpaired) electrons. The fourth-order valence-electron chi connectivity index (χ4n) is 1.87. The summed E-state index contributed by atoms with van der Waals surface area (Å²) in [5.74, 6) is 1.72. The van der Waals surface area contributed by atoms with Gasteiger partial charge in [-0.05, 0) is 58.9 Å². The molecule has 0 aromatic heterocycles. The monoisotopic (exact) mass is 298 g/mol. The molecule has 0 bridgehead atoms. The molecule has 0 saturated heterocycles. The molecule has 1 aliphatic carbocycles. The molecule has 1 aromatic carbocycles. The second-order valence-electron chi connectivity index (χ2n) is 4.53. The van der Waals surface area contributed by atoms with E-state index in [1.165, 1.54) is 18.4 Å². The number of halogens is 1. The van der Waals surface area contributed by atoms with Crippen LogP contribution in [0.1, 0.15) is 24.4 Å². The standard InChI is InChI=1S/C13H19BrN2O/c1-17-13-5-4-10(6-11(13)14)12(7-15)16-8-9-2-3-9/h4-6,9,12,16H,2-3,7-8,15H2,1H3. The van der Waals surface area contributed by atoms with Crippen molar-refractivity contribution < 1.29 is 4.74 Å². The molecule has 1 unspecified atom stereocenters. The SMILES string of the molecule is COc1ccc(C(CN)NCC2CC2)cc1Br. The molecule has 17 heavy (non-hydrogen) atoms. The second kappa shape index (κ2) is 5.85. The molecule has 1 atom stereocenters. The van der Waals surface area contributed by atoms with Crippen molar-refractivity contribution in [1.82, 2.24) is 5.32 Å². The smallest absolute Gasteiger partial charge is 0.133 e. The van der Waals surface area contributed by atoms with Gasteiger partial charge in [0.05, 0.1) is 11.6 Å². The van der Waals surface area contributed by atoms with Crippen LogP contribution in [0.25, 0.3) is 0 Å². The van der Waals surface area contributed by atoms with Crippen molar-refractivity contribution in [3.05, 3.63) is 28.2 Å². The molecular formula is C13H19BrN2O. The number of benzene rings is 1. The summed E-state index contributed by atoms with van der Waals surface area (Å²) in [5, 5.41) is 3.53. The summed E-state index contributed by atoms with van der Waals surface area (Å²) in [6.45, 7) is 1.69. The molecule has 94 valence electrons. The van der Waals surface area contributed by atoms with Gasteiger partial charge in [-0.15, -0.1) is 0 Å². The molecule has 0 heterocycles. The van der Waals surface area contributed by atoms with Gasteiger partial charge < -0.3 is 15.8 Å². The van der Waals surface area contributed by atoms with E-state index >= 15 is 0 Å². The first-order valence-electron chi connectivity index (χ1n) is 6.01. The highest BCUT2D eigenvalue weighted by Gasteiger charge is 2.22. The molecule has 4 heteroatoms. The van der Waals surface area contributed by atoms with Crippen molar-refractivity contribution in [2.75, 3.05) is 20.2 Å². The Morgan fingerprint density at radius 2 is 2.29 bits per heavy atom. The van der Waals surface area contributed by atoms with Crippen molar-refractivity contribution in [1.29, 1.82) is 0 Å². The van der Waals surface area contributed by atoms with Gasteiger partial charge in [-0.3, -0.25) is 0 Å². The van der Waals surface area contributed by atoms with E-state index in [1.807, 2.05) is 6.07 Å². The van der Waals surface area contributed by atoms with Crippen LogP contribution in [0, 0.1) is 5.92 Å². The van der Waals surface area contributed by atoms with Gasteiger partial charge in [0, 0.05) is 12.6 Å². The third-order valence-electron chi connectivity index (χ3n) is 3.16. The summed E-state index contributed by atoms with van der Waals surface area (Å²) in [7, 11) is 1.67. The lowest BCUT2D eigenvalue weighted by atomic mass is 10.1. The van der Waals surface area contributed by atoms with Crippen molar-refractivity contribution in [3.8, 4) is 5.75 Å². The first-order valence-corrected chi connectivity index (χ1v) is 6.80. The zero-order chi connectivity index (χ0) is 12.3. The third-order valence-corrected chi connectivity index (χ3v) is 3.78. The Balaban J connectivity index is 2.03. The Kier molecular flexibility index (Phi) is 4.42. The molecular weight excluding hydrogens is 280 g/mol. The number of rotatable bonds is 6. The maximum absolute atomic E-state index is 5.82. The van der Waals surface area contributed by atoms with Crippen LogP contribution in [-0.4, -0.2) is 20.2 Å². The van der Waals surface area contributed by atoms with E-state index < -0.39 is 0 Å². The van der Waals surface area contributed by atoms with Crippen LogP contribution in [0.4, 0.5) is 0 Å². The number of ether oxygens (including phenoxy) is 1. The first kappa shape index (κ1) is 12.9. The van der Waals surface area contributed by atoms with Crippen LogP contribution in [0.2, 0.25) is 0 Å². The highest BCUT2D eigenvalue weighted by molar-refractivity contribution is 9.10. The number of nitrogens with one attached hydrogen (secondary N) is 1. The summed E-state index contributed by atoms with van der Waals surface area (Å²) in [5.41, 5.74) is 7.03. The zero-order valence-electron chi connectivity index (χ0n) is 10.1. The van der Waals surface area contributed by atoms with Gasteiger partial charge in [0.1, 0.15) is 5.75 Å².